The first-order chi connectivity index (χ1) is 6.71. The summed E-state index contributed by atoms with van der Waals surface area (Å²) >= 11 is 0. The molecule has 3 unspecified atom stereocenters. The highest BCUT2D eigenvalue weighted by Gasteiger charge is 2.44. The second-order valence-corrected chi connectivity index (χ2v) is 5.85. The van der Waals surface area contributed by atoms with Crippen molar-refractivity contribution >= 4 is 10.8 Å². The van der Waals surface area contributed by atoms with Gasteiger partial charge in [-0.15, -0.1) is 0 Å². The van der Waals surface area contributed by atoms with E-state index >= 15 is 0 Å². The quantitative estimate of drug-likeness (QED) is 0.805. The van der Waals surface area contributed by atoms with E-state index in [9.17, 15) is 17.4 Å². The molecule has 0 aliphatic carbocycles. The number of alkyl halides is 3. The summed E-state index contributed by atoms with van der Waals surface area (Å²) in [5.74, 6) is -0.0338. The smallest absolute Gasteiger partial charge is 0.330 e. The largest absolute Gasteiger partial charge is 0.403 e. The van der Waals surface area contributed by atoms with Gasteiger partial charge >= 0.3 is 6.18 Å². The van der Waals surface area contributed by atoms with E-state index in [0.717, 1.165) is 0 Å². The van der Waals surface area contributed by atoms with Gasteiger partial charge in [0.15, 0.2) is 0 Å². The molecular formula is C9H18F3NOS. The normalized spacial score (nSPS) is 18.9. The average molecular weight is 245 g/mol. The van der Waals surface area contributed by atoms with E-state index in [1.54, 1.807) is 20.8 Å². The van der Waals surface area contributed by atoms with Gasteiger partial charge in [0.25, 0.3) is 0 Å². The van der Waals surface area contributed by atoms with Crippen LogP contribution in [0.5, 0.6) is 0 Å². The van der Waals surface area contributed by atoms with Crippen molar-refractivity contribution in [2.45, 2.75) is 43.9 Å². The molecular weight excluding hydrogens is 227 g/mol. The van der Waals surface area contributed by atoms with Crippen LogP contribution in [-0.2, 0) is 10.8 Å². The molecule has 0 aromatic carbocycles. The van der Waals surface area contributed by atoms with Crippen LogP contribution in [0.4, 0.5) is 13.2 Å². The molecule has 0 saturated carbocycles. The molecule has 0 aliphatic rings. The Hall–Kier alpha value is -0.100. The van der Waals surface area contributed by atoms with Gasteiger partial charge in [-0.25, -0.2) is 0 Å². The summed E-state index contributed by atoms with van der Waals surface area (Å²) in [6.45, 7) is 5.01. The summed E-state index contributed by atoms with van der Waals surface area (Å²) in [5, 5.41) is -2.26. The van der Waals surface area contributed by atoms with Gasteiger partial charge in [0.05, 0.1) is 0 Å². The molecule has 0 aromatic rings. The van der Waals surface area contributed by atoms with Crippen molar-refractivity contribution in [3.63, 3.8) is 0 Å². The molecule has 0 heterocycles. The minimum absolute atomic E-state index is 0.0338. The van der Waals surface area contributed by atoms with E-state index in [1.165, 1.54) is 0 Å². The molecule has 92 valence electrons. The third kappa shape index (κ3) is 4.51. The maximum absolute atomic E-state index is 12.5. The number of rotatable bonds is 5. The van der Waals surface area contributed by atoms with E-state index in [-0.39, 0.29) is 18.9 Å². The van der Waals surface area contributed by atoms with Gasteiger partial charge in [-0.1, -0.05) is 20.8 Å². The average Bonchev–Trinajstić information content (AvgIpc) is 2.09. The first-order valence-electron chi connectivity index (χ1n) is 4.88. The van der Waals surface area contributed by atoms with Gasteiger partial charge in [-0.3, -0.25) is 4.21 Å². The lowest BCUT2D eigenvalue weighted by Gasteiger charge is -2.24. The molecule has 0 saturated heterocycles. The van der Waals surface area contributed by atoms with Crippen molar-refractivity contribution in [1.29, 1.82) is 0 Å². The van der Waals surface area contributed by atoms with Crippen LogP contribution in [0, 0.1) is 5.92 Å². The molecule has 2 nitrogen and oxygen atoms in total. The Kier molecular flexibility index (Phi) is 5.80. The predicted molar refractivity (Wildman–Crippen MR) is 56.0 cm³/mol. The maximum Gasteiger partial charge on any atom is 0.403 e. The minimum atomic E-state index is -4.42. The van der Waals surface area contributed by atoms with E-state index in [0.29, 0.717) is 0 Å². The van der Waals surface area contributed by atoms with Gasteiger partial charge in [0.1, 0.15) is 5.25 Å². The summed E-state index contributed by atoms with van der Waals surface area (Å²) < 4.78 is 49.3. The standard InChI is InChI=1S/C9H18F3NOS/c1-6(2)7(3)15(14)8(4-5-13)9(10,11)12/h6-8H,4-5,13H2,1-3H3. The Labute approximate surface area is 90.9 Å². The van der Waals surface area contributed by atoms with Crippen LogP contribution in [0.1, 0.15) is 27.2 Å². The summed E-state index contributed by atoms with van der Waals surface area (Å²) in [5.41, 5.74) is 5.11. The Balaban J connectivity index is 4.71. The highest BCUT2D eigenvalue weighted by Crippen LogP contribution is 2.29. The van der Waals surface area contributed by atoms with Crippen molar-refractivity contribution in [3.8, 4) is 0 Å². The fourth-order valence-electron chi connectivity index (χ4n) is 1.09. The zero-order valence-corrected chi connectivity index (χ0v) is 9.99. The lowest BCUT2D eigenvalue weighted by atomic mass is 10.2. The molecule has 0 spiro atoms. The lowest BCUT2D eigenvalue weighted by Crippen LogP contribution is -2.40. The number of nitrogens with two attached hydrogens (primary N) is 1. The maximum atomic E-state index is 12.5. The minimum Gasteiger partial charge on any atom is -0.330 e. The third-order valence-electron chi connectivity index (χ3n) is 2.38. The van der Waals surface area contributed by atoms with Crippen molar-refractivity contribution in [1.82, 2.24) is 0 Å². The van der Waals surface area contributed by atoms with Crippen molar-refractivity contribution in [2.24, 2.45) is 11.7 Å². The van der Waals surface area contributed by atoms with Crippen molar-refractivity contribution < 1.29 is 17.4 Å². The number of halogens is 3. The fourth-order valence-corrected chi connectivity index (χ4v) is 2.78. The number of hydrogen-bond donors (Lipinski definition) is 1. The van der Waals surface area contributed by atoms with Crippen LogP contribution in [0.15, 0.2) is 0 Å². The molecule has 15 heavy (non-hydrogen) atoms. The van der Waals surface area contributed by atoms with E-state index in [4.69, 9.17) is 5.73 Å². The van der Waals surface area contributed by atoms with Crippen LogP contribution in [0.2, 0.25) is 0 Å². The molecule has 2 N–H and O–H groups in total. The van der Waals surface area contributed by atoms with Crippen LogP contribution in [0.3, 0.4) is 0 Å². The van der Waals surface area contributed by atoms with E-state index in [1.807, 2.05) is 0 Å². The van der Waals surface area contributed by atoms with Gasteiger partial charge in [0, 0.05) is 16.0 Å². The summed E-state index contributed by atoms with van der Waals surface area (Å²) in [7, 11) is -1.91. The summed E-state index contributed by atoms with van der Waals surface area (Å²) in [6, 6.07) is 0. The second-order valence-electron chi connectivity index (χ2n) is 3.89. The molecule has 6 heteroatoms. The van der Waals surface area contributed by atoms with Crippen LogP contribution in [-0.4, -0.2) is 27.4 Å². The van der Waals surface area contributed by atoms with Crippen LogP contribution < -0.4 is 5.73 Å². The SMILES string of the molecule is CC(C)C(C)S(=O)C(CCN)C(F)(F)F. The first kappa shape index (κ1) is 14.9. The number of hydrogen-bond acceptors (Lipinski definition) is 2. The van der Waals surface area contributed by atoms with Crippen LogP contribution >= 0.6 is 0 Å². The molecule has 0 amide bonds. The Morgan fingerprint density at radius 2 is 1.73 bits per heavy atom. The molecule has 3 atom stereocenters. The molecule has 0 aliphatic heterocycles. The Bertz CT molecular complexity index is 218. The highest BCUT2D eigenvalue weighted by molar-refractivity contribution is 7.86. The first-order valence-corrected chi connectivity index (χ1v) is 6.15. The Morgan fingerprint density at radius 3 is 2.00 bits per heavy atom. The predicted octanol–water partition coefficient (Wildman–Crippen LogP) is 2.06. The fraction of sp³-hybridized carbons (Fsp3) is 1.00. The van der Waals surface area contributed by atoms with Gasteiger partial charge < -0.3 is 5.73 Å². The highest BCUT2D eigenvalue weighted by atomic mass is 32.2. The molecule has 0 aromatic heterocycles. The zero-order valence-electron chi connectivity index (χ0n) is 9.17. The molecule has 0 fully saturated rings. The summed E-state index contributed by atoms with van der Waals surface area (Å²) in [4.78, 5) is 0. The van der Waals surface area contributed by atoms with Crippen molar-refractivity contribution in [2.75, 3.05) is 6.54 Å². The topological polar surface area (TPSA) is 43.1 Å². The van der Waals surface area contributed by atoms with Gasteiger partial charge in [-0.05, 0) is 18.9 Å². The molecule has 0 radical (unpaired) electrons. The van der Waals surface area contributed by atoms with E-state index < -0.39 is 27.5 Å². The van der Waals surface area contributed by atoms with Crippen LogP contribution in [0.25, 0.3) is 0 Å². The van der Waals surface area contributed by atoms with E-state index in [2.05, 4.69) is 0 Å². The Morgan fingerprint density at radius 1 is 1.27 bits per heavy atom. The molecule has 0 bridgehead atoms. The zero-order chi connectivity index (χ0) is 12.2. The third-order valence-corrected chi connectivity index (χ3v) is 4.72. The van der Waals surface area contributed by atoms with Gasteiger partial charge in [0.2, 0.25) is 0 Å². The van der Waals surface area contributed by atoms with Gasteiger partial charge in [-0.2, -0.15) is 13.2 Å². The summed E-state index contributed by atoms with van der Waals surface area (Å²) in [6.07, 6.45) is -4.69. The lowest BCUT2D eigenvalue weighted by molar-refractivity contribution is -0.130. The van der Waals surface area contributed by atoms with Crippen molar-refractivity contribution in [3.05, 3.63) is 0 Å². The monoisotopic (exact) mass is 245 g/mol. The second kappa shape index (κ2) is 5.84. The molecule has 0 rings (SSSR count).